The van der Waals surface area contributed by atoms with Crippen molar-refractivity contribution in [1.82, 2.24) is 4.57 Å². The second kappa shape index (κ2) is 5.98. The minimum absolute atomic E-state index is 0.182. The largest absolute Gasteiger partial charge is 0.390 e. The molecule has 3 rings (SSSR count). The Morgan fingerprint density at radius 3 is 1.95 bits per heavy atom. The first-order chi connectivity index (χ1) is 10.5. The van der Waals surface area contributed by atoms with Crippen molar-refractivity contribution >= 4 is 33.6 Å². The summed E-state index contributed by atoms with van der Waals surface area (Å²) in [6, 6.07) is 16.9. The number of nitrogens with zero attached hydrogens (tertiary/aromatic N) is 1. The minimum atomic E-state index is -0.344. The fraction of sp³-hybridized carbons (Fsp3) is 0.368. The molecule has 1 heterocycles. The number of thioether (sulfide) groups is 1. The Labute approximate surface area is 136 Å². The van der Waals surface area contributed by atoms with Crippen LogP contribution < -0.4 is 0 Å². The summed E-state index contributed by atoms with van der Waals surface area (Å²) in [7, 11) is 0. The average molecular weight is 313 g/mol. The van der Waals surface area contributed by atoms with Gasteiger partial charge < -0.3 is 9.67 Å². The highest BCUT2D eigenvalue weighted by Gasteiger charge is 2.16. The van der Waals surface area contributed by atoms with E-state index in [0.717, 1.165) is 5.75 Å². The SMILES string of the molecule is CC(C)(C)SC[C@@H](O)Cn1c2ccccc2c2ccccc21. The molecule has 0 aliphatic carbocycles. The Balaban J connectivity index is 1.95. The van der Waals surface area contributed by atoms with Gasteiger partial charge in [0.25, 0.3) is 0 Å². The first-order valence-electron chi connectivity index (χ1n) is 7.74. The standard InChI is InChI=1S/C19H23NOS/c1-19(2,3)22-13-14(21)12-20-17-10-6-4-8-15(17)16-9-5-7-11-18(16)20/h4-11,14,21H,12-13H2,1-3H3/t14-/m0/s1. The lowest BCUT2D eigenvalue weighted by atomic mass is 10.2. The summed E-state index contributed by atoms with van der Waals surface area (Å²) in [5, 5.41) is 13.0. The van der Waals surface area contributed by atoms with Crippen LogP contribution in [-0.4, -0.2) is 26.3 Å². The Morgan fingerprint density at radius 1 is 0.955 bits per heavy atom. The predicted molar refractivity (Wildman–Crippen MR) is 97.7 cm³/mol. The molecule has 0 unspecified atom stereocenters. The highest BCUT2D eigenvalue weighted by molar-refractivity contribution is 8.00. The summed E-state index contributed by atoms with van der Waals surface area (Å²) in [4.78, 5) is 0. The van der Waals surface area contributed by atoms with Crippen LogP contribution in [0.5, 0.6) is 0 Å². The molecular weight excluding hydrogens is 290 g/mol. The highest BCUT2D eigenvalue weighted by atomic mass is 32.2. The van der Waals surface area contributed by atoms with Crippen molar-refractivity contribution in [3.8, 4) is 0 Å². The molecule has 0 saturated heterocycles. The second-order valence-electron chi connectivity index (χ2n) is 6.72. The molecule has 0 fully saturated rings. The number of hydrogen-bond donors (Lipinski definition) is 1. The first-order valence-corrected chi connectivity index (χ1v) is 8.72. The maximum Gasteiger partial charge on any atom is 0.0809 e. The topological polar surface area (TPSA) is 25.2 Å². The van der Waals surface area contributed by atoms with E-state index < -0.39 is 0 Å². The molecule has 22 heavy (non-hydrogen) atoms. The van der Waals surface area contributed by atoms with Crippen LogP contribution in [0.2, 0.25) is 0 Å². The highest BCUT2D eigenvalue weighted by Crippen LogP contribution is 2.30. The molecule has 1 aromatic heterocycles. The summed E-state index contributed by atoms with van der Waals surface area (Å²) in [6.45, 7) is 7.19. The molecule has 1 N–H and O–H groups in total. The van der Waals surface area contributed by atoms with Gasteiger partial charge in [-0.05, 0) is 12.1 Å². The van der Waals surface area contributed by atoms with E-state index in [1.807, 2.05) is 11.8 Å². The zero-order valence-corrected chi connectivity index (χ0v) is 14.2. The molecule has 2 aromatic carbocycles. The number of rotatable bonds is 4. The van der Waals surface area contributed by atoms with Gasteiger partial charge in [-0.25, -0.2) is 0 Å². The quantitative estimate of drug-likeness (QED) is 0.756. The average Bonchev–Trinajstić information content (AvgIpc) is 2.80. The molecule has 0 aliphatic rings. The van der Waals surface area contributed by atoms with Gasteiger partial charge in [0.1, 0.15) is 0 Å². The number of hydrogen-bond acceptors (Lipinski definition) is 2. The summed E-state index contributed by atoms with van der Waals surface area (Å²) < 4.78 is 2.43. The summed E-state index contributed by atoms with van der Waals surface area (Å²) in [6.07, 6.45) is -0.344. The normalized spacial score (nSPS) is 13.8. The fourth-order valence-electron chi connectivity index (χ4n) is 2.81. The number of aliphatic hydroxyl groups excluding tert-OH is 1. The molecule has 116 valence electrons. The van der Waals surface area contributed by atoms with Crippen molar-refractivity contribution < 1.29 is 5.11 Å². The van der Waals surface area contributed by atoms with Gasteiger partial charge in [0.05, 0.1) is 6.10 Å². The van der Waals surface area contributed by atoms with Crippen molar-refractivity contribution in [2.45, 2.75) is 38.2 Å². The Hall–Kier alpha value is -1.45. The molecule has 3 heteroatoms. The van der Waals surface area contributed by atoms with Crippen LogP contribution in [0.1, 0.15) is 20.8 Å². The molecule has 0 amide bonds. The third-order valence-corrected chi connectivity index (χ3v) is 5.20. The lowest BCUT2D eigenvalue weighted by molar-refractivity contribution is 0.181. The molecular formula is C19H23NOS. The van der Waals surface area contributed by atoms with Crippen LogP contribution in [0.25, 0.3) is 21.8 Å². The zero-order valence-electron chi connectivity index (χ0n) is 13.4. The van der Waals surface area contributed by atoms with Crippen LogP contribution in [0.4, 0.5) is 0 Å². The maximum absolute atomic E-state index is 10.5. The van der Waals surface area contributed by atoms with E-state index >= 15 is 0 Å². The minimum Gasteiger partial charge on any atom is -0.390 e. The van der Waals surface area contributed by atoms with Crippen molar-refractivity contribution in [1.29, 1.82) is 0 Å². The van der Waals surface area contributed by atoms with Gasteiger partial charge in [-0.3, -0.25) is 0 Å². The number of benzene rings is 2. The third-order valence-electron chi connectivity index (χ3n) is 3.78. The Kier molecular flexibility index (Phi) is 4.20. The number of aromatic nitrogens is 1. The molecule has 0 bridgehead atoms. The lowest BCUT2D eigenvalue weighted by Gasteiger charge is -2.21. The molecule has 0 saturated carbocycles. The van der Waals surface area contributed by atoms with Crippen molar-refractivity contribution in [2.24, 2.45) is 0 Å². The summed E-state index contributed by atoms with van der Waals surface area (Å²) in [5.41, 5.74) is 2.40. The Bertz CT molecular complexity index is 732. The van der Waals surface area contributed by atoms with Gasteiger partial charge in [-0.2, -0.15) is 11.8 Å². The van der Waals surface area contributed by atoms with Gasteiger partial charge in [-0.1, -0.05) is 57.2 Å². The van der Waals surface area contributed by atoms with Crippen molar-refractivity contribution in [2.75, 3.05) is 5.75 Å². The van der Waals surface area contributed by atoms with Crippen LogP contribution in [0, 0.1) is 0 Å². The zero-order chi connectivity index (χ0) is 15.7. The molecule has 1 atom stereocenters. The molecule has 3 aromatic rings. The molecule has 0 aliphatic heterocycles. The van der Waals surface area contributed by atoms with Crippen LogP contribution in [-0.2, 0) is 6.54 Å². The lowest BCUT2D eigenvalue weighted by Crippen LogP contribution is -2.21. The fourth-order valence-corrected chi connectivity index (χ4v) is 3.61. The van der Waals surface area contributed by atoms with Gasteiger partial charge in [0.15, 0.2) is 0 Å². The van der Waals surface area contributed by atoms with Gasteiger partial charge in [0.2, 0.25) is 0 Å². The van der Waals surface area contributed by atoms with E-state index in [9.17, 15) is 5.11 Å². The molecule has 2 nitrogen and oxygen atoms in total. The van der Waals surface area contributed by atoms with E-state index in [2.05, 4.69) is 73.9 Å². The van der Waals surface area contributed by atoms with Gasteiger partial charge >= 0.3 is 0 Å². The smallest absolute Gasteiger partial charge is 0.0809 e. The second-order valence-corrected chi connectivity index (χ2v) is 8.57. The monoisotopic (exact) mass is 313 g/mol. The van der Waals surface area contributed by atoms with Gasteiger partial charge in [-0.15, -0.1) is 0 Å². The van der Waals surface area contributed by atoms with E-state index in [0.29, 0.717) is 6.54 Å². The predicted octanol–water partition coefficient (Wildman–Crippen LogP) is 4.69. The van der Waals surface area contributed by atoms with Crippen molar-refractivity contribution in [3.05, 3.63) is 48.5 Å². The number of aliphatic hydroxyl groups is 1. The summed E-state index contributed by atoms with van der Waals surface area (Å²) >= 11 is 1.81. The van der Waals surface area contributed by atoms with E-state index in [1.165, 1.54) is 21.8 Å². The van der Waals surface area contributed by atoms with Crippen LogP contribution in [0.15, 0.2) is 48.5 Å². The summed E-state index contributed by atoms with van der Waals surface area (Å²) in [5.74, 6) is 0.754. The maximum atomic E-state index is 10.5. The Morgan fingerprint density at radius 2 is 1.45 bits per heavy atom. The molecule has 0 radical (unpaired) electrons. The van der Waals surface area contributed by atoms with Crippen LogP contribution >= 0.6 is 11.8 Å². The van der Waals surface area contributed by atoms with E-state index in [4.69, 9.17) is 0 Å². The third kappa shape index (κ3) is 3.16. The van der Waals surface area contributed by atoms with Gasteiger partial charge in [0, 0.05) is 38.9 Å². The van der Waals surface area contributed by atoms with E-state index in [1.54, 1.807) is 0 Å². The number of para-hydroxylation sites is 2. The molecule has 0 spiro atoms. The number of fused-ring (bicyclic) bond motifs is 3. The van der Waals surface area contributed by atoms with Crippen LogP contribution in [0.3, 0.4) is 0 Å². The van der Waals surface area contributed by atoms with Crippen molar-refractivity contribution in [3.63, 3.8) is 0 Å². The van der Waals surface area contributed by atoms with E-state index in [-0.39, 0.29) is 10.9 Å². The first kappa shape index (κ1) is 15.4.